The van der Waals surface area contributed by atoms with Crippen molar-refractivity contribution < 1.29 is 14.4 Å². The monoisotopic (exact) mass is 376 g/mol. The number of nitrogens with one attached hydrogen (secondary N) is 1. The Morgan fingerprint density at radius 3 is 2.50 bits per heavy atom. The number of imidazole rings is 1. The number of hydrogen-bond donors (Lipinski definition) is 1. The summed E-state index contributed by atoms with van der Waals surface area (Å²) < 4.78 is 1.99. The molecule has 7 heteroatoms. The lowest BCUT2D eigenvalue weighted by Crippen LogP contribution is -2.32. The van der Waals surface area contributed by atoms with Crippen molar-refractivity contribution in [1.29, 1.82) is 0 Å². The quantitative estimate of drug-likeness (QED) is 0.694. The van der Waals surface area contributed by atoms with E-state index >= 15 is 0 Å². The summed E-state index contributed by atoms with van der Waals surface area (Å²) in [7, 11) is 0. The average Bonchev–Trinajstić information content (AvgIpc) is 3.25. The Labute approximate surface area is 162 Å². The van der Waals surface area contributed by atoms with Crippen LogP contribution in [-0.2, 0) is 14.4 Å². The second kappa shape index (κ2) is 7.26. The first kappa shape index (κ1) is 17.9. The van der Waals surface area contributed by atoms with Crippen LogP contribution in [0.5, 0.6) is 0 Å². The van der Waals surface area contributed by atoms with E-state index in [-0.39, 0.29) is 43.5 Å². The van der Waals surface area contributed by atoms with E-state index in [1.807, 2.05) is 60.1 Å². The van der Waals surface area contributed by atoms with E-state index in [2.05, 4.69) is 10.3 Å². The summed E-state index contributed by atoms with van der Waals surface area (Å²) in [6.45, 7) is 2.15. The number of fused-ring (bicyclic) bond motifs is 1. The van der Waals surface area contributed by atoms with Gasteiger partial charge in [-0.2, -0.15) is 0 Å². The molecule has 1 aliphatic rings. The van der Waals surface area contributed by atoms with Gasteiger partial charge in [-0.05, 0) is 30.7 Å². The van der Waals surface area contributed by atoms with Gasteiger partial charge in [-0.15, -0.1) is 0 Å². The highest BCUT2D eigenvalue weighted by atomic mass is 16.2. The SMILES string of the molecule is Cc1cccn2cc(-c3ccc(NC(=O)CCN4C(=O)CCC4=O)cc3)nc12. The van der Waals surface area contributed by atoms with Crippen LogP contribution < -0.4 is 5.32 Å². The Bertz CT molecular complexity index is 1050. The zero-order chi connectivity index (χ0) is 19.7. The standard InChI is InChI=1S/C21H20N4O3/c1-14-3-2-11-24-13-17(23-21(14)24)15-4-6-16(7-5-15)22-18(26)10-12-25-19(27)8-9-20(25)28/h2-7,11,13H,8-10,12H2,1H3,(H,22,26). The van der Waals surface area contributed by atoms with E-state index in [0.29, 0.717) is 5.69 Å². The summed E-state index contributed by atoms with van der Waals surface area (Å²) in [5.41, 5.74) is 4.49. The molecule has 0 aliphatic carbocycles. The Hall–Kier alpha value is -3.48. The summed E-state index contributed by atoms with van der Waals surface area (Å²) in [6.07, 6.45) is 4.50. The van der Waals surface area contributed by atoms with Crippen LogP contribution in [0, 0.1) is 6.92 Å². The molecule has 142 valence electrons. The zero-order valence-corrected chi connectivity index (χ0v) is 15.5. The van der Waals surface area contributed by atoms with Gasteiger partial charge in [0.15, 0.2) is 0 Å². The smallest absolute Gasteiger partial charge is 0.229 e. The second-order valence-electron chi connectivity index (χ2n) is 6.86. The van der Waals surface area contributed by atoms with Crippen molar-refractivity contribution in [3.05, 3.63) is 54.4 Å². The van der Waals surface area contributed by atoms with Gasteiger partial charge < -0.3 is 9.72 Å². The van der Waals surface area contributed by atoms with Gasteiger partial charge in [0.25, 0.3) is 0 Å². The van der Waals surface area contributed by atoms with E-state index in [9.17, 15) is 14.4 Å². The highest BCUT2D eigenvalue weighted by molar-refractivity contribution is 6.02. The molecule has 4 rings (SSSR count). The number of anilines is 1. The van der Waals surface area contributed by atoms with Crippen molar-refractivity contribution in [2.24, 2.45) is 0 Å². The molecule has 2 aromatic heterocycles. The van der Waals surface area contributed by atoms with Crippen LogP contribution in [0.25, 0.3) is 16.9 Å². The highest BCUT2D eigenvalue weighted by Gasteiger charge is 2.28. The first-order valence-corrected chi connectivity index (χ1v) is 9.19. The van der Waals surface area contributed by atoms with Crippen LogP contribution in [-0.4, -0.2) is 38.6 Å². The molecule has 0 radical (unpaired) electrons. The highest BCUT2D eigenvalue weighted by Crippen LogP contribution is 2.22. The van der Waals surface area contributed by atoms with Gasteiger partial charge in [0.05, 0.1) is 5.69 Å². The number of aromatic nitrogens is 2. The van der Waals surface area contributed by atoms with Gasteiger partial charge in [-0.3, -0.25) is 19.3 Å². The largest absolute Gasteiger partial charge is 0.326 e. The maximum atomic E-state index is 12.1. The molecule has 1 aromatic carbocycles. The minimum Gasteiger partial charge on any atom is -0.326 e. The van der Waals surface area contributed by atoms with Crippen molar-refractivity contribution in [3.8, 4) is 11.3 Å². The summed E-state index contributed by atoms with van der Waals surface area (Å²) >= 11 is 0. The summed E-state index contributed by atoms with van der Waals surface area (Å²) in [4.78, 5) is 41.1. The first-order chi connectivity index (χ1) is 13.5. The molecule has 3 heterocycles. The third-order valence-corrected chi connectivity index (χ3v) is 4.86. The third kappa shape index (κ3) is 3.51. The maximum Gasteiger partial charge on any atom is 0.229 e. The van der Waals surface area contributed by atoms with Crippen LogP contribution >= 0.6 is 0 Å². The molecule has 28 heavy (non-hydrogen) atoms. The van der Waals surface area contributed by atoms with Gasteiger partial charge in [0, 0.05) is 49.5 Å². The molecule has 0 saturated carbocycles. The Morgan fingerprint density at radius 1 is 1.11 bits per heavy atom. The van der Waals surface area contributed by atoms with Crippen LogP contribution in [0.15, 0.2) is 48.8 Å². The lowest BCUT2D eigenvalue weighted by molar-refractivity contribution is -0.138. The van der Waals surface area contributed by atoms with E-state index in [4.69, 9.17) is 0 Å². The van der Waals surface area contributed by atoms with Gasteiger partial charge in [-0.25, -0.2) is 4.98 Å². The molecule has 1 saturated heterocycles. The Kier molecular flexibility index (Phi) is 4.65. The number of aryl methyl sites for hydroxylation is 1. The molecule has 0 unspecified atom stereocenters. The van der Waals surface area contributed by atoms with Crippen molar-refractivity contribution in [2.75, 3.05) is 11.9 Å². The molecule has 1 fully saturated rings. The number of carbonyl (C=O) groups excluding carboxylic acids is 3. The number of imide groups is 1. The van der Waals surface area contributed by atoms with Crippen molar-refractivity contribution in [1.82, 2.24) is 14.3 Å². The van der Waals surface area contributed by atoms with E-state index in [1.165, 1.54) is 0 Å². The molecule has 1 aliphatic heterocycles. The third-order valence-electron chi connectivity index (χ3n) is 4.86. The normalized spacial score (nSPS) is 14.1. The lowest BCUT2D eigenvalue weighted by atomic mass is 10.1. The van der Waals surface area contributed by atoms with Crippen LogP contribution in [0.1, 0.15) is 24.8 Å². The summed E-state index contributed by atoms with van der Waals surface area (Å²) in [6, 6.07) is 11.4. The predicted molar refractivity (Wildman–Crippen MR) is 105 cm³/mol. The fourth-order valence-electron chi connectivity index (χ4n) is 3.33. The average molecular weight is 376 g/mol. The van der Waals surface area contributed by atoms with E-state index in [0.717, 1.165) is 27.4 Å². The molecule has 0 bridgehead atoms. The number of benzene rings is 1. The number of rotatable bonds is 5. The topological polar surface area (TPSA) is 83.8 Å². The minimum absolute atomic E-state index is 0.0882. The zero-order valence-electron chi connectivity index (χ0n) is 15.5. The number of pyridine rings is 1. The molecular weight excluding hydrogens is 356 g/mol. The van der Waals surface area contributed by atoms with E-state index in [1.54, 1.807) is 0 Å². The number of likely N-dealkylation sites (tertiary alicyclic amines) is 1. The van der Waals surface area contributed by atoms with Gasteiger partial charge in [0.2, 0.25) is 17.7 Å². The summed E-state index contributed by atoms with van der Waals surface area (Å²) in [5.74, 6) is -0.640. The number of nitrogens with zero attached hydrogens (tertiary/aromatic N) is 3. The minimum atomic E-state index is -0.233. The second-order valence-corrected chi connectivity index (χ2v) is 6.86. The summed E-state index contributed by atoms with van der Waals surface area (Å²) in [5, 5.41) is 2.80. The molecule has 7 nitrogen and oxygen atoms in total. The van der Waals surface area contributed by atoms with Crippen molar-refractivity contribution in [3.63, 3.8) is 0 Å². The first-order valence-electron chi connectivity index (χ1n) is 9.19. The lowest BCUT2D eigenvalue weighted by Gasteiger charge is -2.13. The number of hydrogen-bond acceptors (Lipinski definition) is 4. The van der Waals surface area contributed by atoms with Crippen LogP contribution in [0.2, 0.25) is 0 Å². The van der Waals surface area contributed by atoms with Gasteiger partial charge in [-0.1, -0.05) is 18.2 Å². The molecule has 0 spiro atoms. The Balaban J connectivity index is 1.40. The number of carbonyl (C=O) groups is 3. The molecular formula is C21H20N4O3. The van der Waals surface area contributed by atoms with Gasteiger partial charge >= 0.3 is 0 Å². The molecule has 0 atom stereocenters. The van der Waals surface area contributed by atoms with Crippen molar-refractivity contribution >= 4 is 29.1 Å². The maximum absolute atomic E-state index is 12.1. The molecule has 3 amide bonds. The van der Waals surface area contributed by atoms with E-state index < -0.39 is 0 Å². The van der Waals surface area contributed by atoms with Crippen LogP contribution in [0.3, 0.4) is 0 Å². The molecule has 1 N–H and O–H groups in total. The van der Waals surface area contributed by atoms with Crippen molar-refractivity contribution in [2.45, 2.75) is 26.2 Å². The number of amides is 3. The fraction of sp³-hybridized carbons (Fsp3) is 0.238. The van der Waals surface area contributed by atoms with Crippen LogP contribution in [0.4, 0.5) is 5.69 Å². The molecule has 3 aromatic rings. The fourth-order valence-corrected chi connectivity index (χ4v) is 3.33. The van der Waals surface area contributed by atoms with Gasteiger partial charge in [0.1, 0.15) is 5.65 Å². The Morgan fingerprint density at radius 2 is 1.82 bits per heavy atom. The predicted octanol–water partition coefficient (Wildman–Crippen LogP) is 2.79.